The Balaban J connectivity index is 2.70. The Labute approximate surface area is 173 Å². The molecule has 0 saturated carbocycles. The predicted molar refractivity (Wildman–Crippen MR) is 98.4 cm³/mol. The maximum absolute atomic E-state index is 13.2. The summed E-state index contributed by atoms with van der Waals surface area (Å²) in [6.45, 7) is 0.744. The van der Waals surface area contributed by atoms with E-state index < -0.39 is 65.7 Å². The van der Waals surface area contributed by atoms with Gasteiger partial charge in [-0.2, -0.15) is 26.3 Å². The third kappa shape index (κ3) is 4.16. The van der Waals surface area contributed by atoms with Crippen LogP contribution >= 0.6 is 0 Å². The molecule has 0 aromatic heterocycles. The van der Waals surface area contributed by atoms with Gasteiger partial charge < -0.3 is 21.7 Å². The first-order valence-electron chi connectivity index (χ1n) is 8.38. The predicted octanol–water partition coefficient (Wildman–Crippen LogP) is 3.22. The Morgan fingerprint density at radius 1 is 0.710 bits per heavy atom. The van der Waals surface area contributed by atoms with Crippen molar-refractivity contribution in [3.05, 3.63) is 47.5 Å². The zero-order chi connectivity index (χ0) is 24.2. The lowest BCUT2D eigenvalue weighted by molar-refractivity contribution is -0.258. The molecule has 0 aliphatic rings. The molecule has 0 heterocycles. The minimum atomic E-state index is -5.21. The summed E-state index contributed by atoms with van der Waals surface area (Å²) in [5, 5.41) is 19.7. The van der Waals surface area contributed by atoms with Crippen LogP contribution in [0.1, 0.15) is 25.0 Å². The largest absolute Gasteiger partial charge is 0.421 e. The highest BCUT2D eigenvalue weighted by molar-refractivity contribution is 7.91. The second kappa shape index (κ2) is 7.28. The van der Waals surface area contributed by atoms with E-state index in [2.05, 4.69) is 0 Å². The number of hydrogen-bond donors (Lipinski definition) is 4. The van der Waals surface area contributed by atoms with E-state index >= 15 is 0 Å². The van der Waals surface area contributed by atoms with Gasteiger partial charge in [-0.05, 0) is 50.2 Å². The lowest BCUT2D eigenvalue weighted by Crippen LogP contribution is -2.40. The smallest absolute Gasteiger partial charge is 0.398 e. The Hall–Kier alpha value is -2.51. The van der Waals surface area contributed by atoms with Crippen LogP contribution in [0.25, 0.3) is 0 Å². The van der Waals surface area contributed by atoms with Crippen molar-refractivity contribution in [3.8, 4) is 0 Å². The highest BCUT2D eigenvalue weighted by Crippen LogP contribution is 2.44. The molecule has 0 radical (unpaired) electrons. The number of hydrogen-bond acceptors (Lipinski definition) is 6. The first-order chi connectivity index (χ1) is 13.7. The van der Waals surface area contributed by atoms with Crippen LogP contribution in [0, 0.1) is 0 Å². The second-order valence-electron chi connectivity index (χ2n) is 7.14. The Bertz CT molecular complexity index is 1030. The summed E-state index contributed by atoms with van der Waals surface area (Å²) in [5.41, 5.74) is 0.906. The summed E-state index contributed by atoms with van der Waals surface area (Å²) in [5.74, 6) is 0. The standard InChI is InChI=1S/C18H18F6N2O4S/c1-15(27,17(19,20)21)11-7-9(3-5-13(11)25)31(29,30)10-4-6-14(26)12(8-10)16(2,28)18(22,23)24/h3-8,27-28H,25-26H2,1-2H3. The van der Waals surface area contributed by atoms with E-state index in [1.807, 2.05) is 0 Å². The Morgan fingerprint density at radius 3 is 1.26 bits per heavy atom. The quantitative estimate of drug-likeness (QED) is 0.400. The van der Waals surface area contributed by atoms with Crippen molar-refractivity contribution in [3.63, 3.8) is 0 Å². The van der Waals surface area contributed by atoms with Crippen molar-refractivity contribution in [1.82, 2.24) is 0 Å². The molecule has 0 aliphatic heterocycles. The van der Waals surface area contributed by atoms with Crippen LogP contribution in [0.4, 0.5) is 37.7 Å². The van der Waals surface area contributed by atoms with E-state index in [0.29, 0.717) is 26.0 Å². The third-order valence-electron chi connectivity index (χ3n) is 4.82. The number of rotatable bonds is 4. The molecule has 31 heavy (non-hydrogen) atoms. The molecular formula is C18H18F6N2O4S. The summed E-state index contributed by atoms with van der Waals surface area (Å²) in [4.78, 5) is -1.55. The number of nitrogens with two attached hydrogens (primary N) is 2. The maximum Gasteiger partial charge on any atom is 0.421 e. The maximum atomic E-state index is 13.2. The minimum absolute atomic E-state index is 0.372. The molecule has 0 spiro atoms. The molecule has 0 fully saturated rings. The lowest BCUT2D eigenvalue weighted by Gasteiger charge is -2.29. The second-order valence-corrected chi connectivity index (χ2v) is 9.09. The fourth-order valence-corrected chi connectivity index (χ4v) is 4.00. The highest BCUT2D eigenvalue weighted by Gasteiger charge is 2.53. The molecule has 2 unspecified atom stereocenters. The van der Waals surface area contributed by atoms with Gasteiger partial charge in [-0.25, -0.2) is 8.42 Å². The summed E-state index contributed by atoms with van der Waals surface area (Å²) >= 11 is 0. The average Bonchev–Trinajstić information content (AvgIpc) is 2.59. The summed E-state index contributed by atoms with van der Waals surface area (Å²) in [6.07, 6.45) is -10.4. The van der Waals surface area contributed by atoms with Crippen LogP contribution in [0.3, 0.4) is 0 Å². The molecule has 172 valence electrons. The molecule has 0 amide bonds. The molecule has 13 heteroatoms. The molecule has 6 N–H and O–H groups in total. The van der Waals surface area contributed by atoms with Gasteiger partial charge in [-0.15, -0.1) is 0 Å². The van der Waals surface area contributed by atoms with E-state index in [0.717, 1.165) is 24.3 Å². The first-order valence-corrected chi connectivity index (χ1v) is 9.86. The van der Waals surface area contributed by atoms with Crippen molar-refractivity contribution >= 4 is 21.2 Å². The SMILES string of the molecule is CC(O)(c1cc(S(=O)(=O)c2ccc(N)c(C(C)(O)C(F)(F)F)c2)ccc1N)C(F)(F)F. The molecule has 2 atom stereocenters. The van der Waals surface area contributed by atoms with Gasteiger partial charge in [0.2, 0.25) is 9.84 Å². The van der Waals surface area contributed by atoms with Crippen molar-refractivity contribution < 1.29 is 45.0 Å². The van der Waals surface area contributed by atoms with Gasteiger partial charge in [-0.3, -0.25) is 0 Å². The molecule has 6 nitrogen and oxygen atoms in total. The van der Waals surface area contributed by atoms with Gasteiger partial charge in [0.25, 0.3) is 0 Å². The zero-order valence-corrected chi connectivity index (χ0v) is 16.8. The molecule has 2 rings (SSSR count). The number of anilines is 2. The Morgan fingerprint density at radius 2 is 1.00 bits per heavy atom. The number of benzene rings is 2. The summed E-state index contributed by atoms with van der Waals surface area (Å²) < 4.78 is 105. The molecule has 2 aromatic carbocycles. The third-order valence-corrected chi connectivity index (χ3v) is 6.57. The monoisotopic (exact) mass is 472 g/mol. The van der Waals surface area contributed by atoms with Crippen LogP contribution in [0.15, 0.2) is 46.2 Å². The van der Waals surface area contributed by atoms with Gasteiger partial charge in [0.05, 0.1) is 9.79 Å². The topological polar surface area (TPSA) is 127 Å². The van der Waals surface area contributed by atoms with Crippen molar-refractivity contribution in [2.45, 2.75) is 47.2 Å². The van der Waals surface area contributed by atoms with Gasteiger partial charge >= 0.3 is 12.4 Å². The number of sulfone groups is 1. The van der Waals surface area contributed by atoms with E-state index in [-0.39, 0.29) is 0 Å². The van der Waals surface area contributed by atoms with E-state index in [1.165, 1.54) is 0 Å². The molecule has 0 saturated heterocycles. The van der Waals surface area contributed by atoms with Gasteiger partial charge in [0, 0.05) is 22.5 Å². The number of aliphatic hydroxyl groups is 2. The van der Waals surface area contributed by atoms with Gasteiger partial charge in [-0.1, -0.05) is 0 Å². The van der Waals surface area contributed by atoms with Crippen LogP contribution in [-0.2, 0) is 21.0 Å². The number of nitrogen functional groups attached to an aromatic ring is 2. The fourth-order valence-electron chi connectivity index (χ4n) is 2.69. The minimum Gasteiger partial charge on any atom is -0.398 e. The van der Waals surface area contributed by atoms with Crippen LogP contribution in [-0.4, -0.2) is 31.0 Å². The highest BCUT2D eigenvalue weighted by atomic mass is 32.2. The van der Waals surface area contributed by atoms with Crippen LogP contribution < -0.4 is 11.5 Å². The first kappa shape index (κ1) is 24.8. The van der Waals surface area contributed by atoms with Crippen molar-refractivity contribution in [1.29, 1.82) is 0 Å². The van der Waals surface area contributed by atoms with Gasteiger partial charge in [0.1, 0.15) is 0 Å². The molecular weight excluding hydrogens is 454 g/mol. The van der Waals surface area contributed by atoms with Gasteiger partial charge in [0.15, 0.2) is 11.2 Å². The van der Waals surface area contributed by atoms with E-state index in [1.54, 1.807) is 0 Å². The molecule has 2 aromatic rings. The van der Waals surface area contributed by atoms with Crippen molar-refractivity contribution in [2.75, 3.05) is 11.5 Å². The average molecular weight is 472 g/mol. The van der Waals surface area contributed by atoms with Crippen LogP contribution in [0.2, 0.25) is 0 Å². The van der Waals surface area contributed by atoms with E-state index in [4.69, 9.17) is 11.5 Å². The van der Waals surface area contributed by atoms with Crippen LogP contribution in [0.5, 0.6) is 0 Å². The molecule has 0 bridgehead atoms. The normalized spacial score (nSPS) is 17.1. The number of halogens is 6. The van der Waals surface area contributed by atoms with E-state index in [9.17, 15) is 45.0 Å². The summed E-state index contributed by atoms with van der Waals surface area (Å²) in [6, 6.07) is 4.25. The van der Waals surface area contributed by atoms with Crippen molar-refractivity contribution in [2.24, 2.45) is 0 Å². The fraction of sp³-hybridized carbons (Fsp3) is 0.333. The number of alkyl halides is 6. The zero-order valence-electron chi connectivity index (χ0n) is 16.0. The Kier molecular flexibility index (Phi) is 5.81. The lowest BCUT2D eigenvalue weighted by atomic mass is 9.94. The molecule has 0 aliphatic carbocycles. The summed E-state index contributed by atoms with van der Waals surface area (Å²) in [7, 11) is -4.70.